The molecule has 0 saturated heterocycles. The second-order valence-electron chi connectivity index (χ2n) is 11.8. The molecule has 0 saturated carbocycles. The zero-order valence-corrected chi connectivity index (χ0v) is 25.7. The standard InChI is InChI=1S/C34H46N6O/c1-26-16-9-10-17-27(26)33(2,3)30(36-23-13-7-8-22-32(41)37-24-15-25-38-39-35)20-14-21-31-34(4,5)28-18-11-12-19-29(28)40(31)6/h9-12,14,16-21H,7-8,13,15,22-25H2,1-6H3,(H,37,41)/b20-14+,31-21+,36-30?. The highest BCUT2D eigenvalue weighted by molar-refractivity contribution is 6.03. The number of amides is 1. The van der Waals surface area contributed by atoms with Gasteiger partial charge in [-0.25, -0.2) is 0 Å². The quantitative estimate of drug-likeness (QED) is 0.0843. The lowest BCUT2D eigenvalue weighted by molar-refractivity contribution is -0.121. The number of nitrogens with zero attached hydrogens (tertiary/aromatic N) is 5. The molecule has 1 aliphatic rings. The number of aliphatic imine (C=N–C) groups is 1. The Morgan fingerprint density at radius 1 is 1.05 bits per heavy atom. The lowest BCUT2D eigenvalue weighted by Crippen LogP contribution is -2.29. The summed E-state index contributed by atoms with van der Waals surface area (Å²) in [7, 11) is 2.14. The largest absolute Gasteiger partial charge is 0.356 e. The van der Waals surface area contributed by atoms with Crippen molar-refractivity contribution in [3.8, 4) is 0 Å². The predicted octanol–water partition coefficient (Wildman–Crippen LogP) is 7.96. The van der Waals surface area contributed by atoms with Crippen molar-refractivity contribution in [1.82, 2.24) is 5.32 Å². The Kier molecular flexibility index (Phi) is 11.4. The maximum atomic E-state index is 12.0. The normalized spacial score (nSPS) is 15.7. The Bertz CT molecular complexity index is 1330. The molecule has 1 amide bonds. The van der Waals surface area contributed by atoms with Gasteiger partial charge in [0.1, 0.15) is 0 Å². The minimum Gasteiger partial charge on any atom is -0.356 e. The Morgan fingerprint density at radius 2 is 1.78 bits per heavy atom. The maximum absolute atomic E-state index is 12.0. The van der Waals surface area contributed by atoms with Crippen LogP contribution in [0.5, 0.6) is 0 Å². The minimum absolute atomic E-state index is 0.0498. The maximum Gasteiger partial charge on any atom is 0.219 e. The molecular formula is C34H46N6O. The topological polar surface area (TPSA) is 93.5 Å². The second kappa shape index (κ2) is 14.7. The first-order valence-corrected chi connectivity index (χ1v) is 14.7. The summed E-state index contributed by atoms with van der Waals surface area (Å²) in [5.41, 5.74) is 15.4. The second-order valence-corrected chi connectivity index (χ2v) is 11.8. The van der Waals surface area contributed by atoms with E-state index in [0.717, 1.165) is 31.5 Å². The first kappa shape index (κ1) is 31.7. The van der Waals surface area contributed by atoms with E-state index in [1.807, 2.05) is 0 Å². The van der Waals surface area contributed by atoms with Crippen LogP contribution in [0.1, 0.15) is 76.5 Å². The van der Waals surface area contributed by atoms with E-state index in [1.54, 1.807) is 0 Å². The molecule has 7 nitrogen and oxygen atoms in total. The van der Waals surface area contributed by atoms with E-state index in [2.05, 4.69) is 129 Å². The van der Waals surface area contributed by atoms with Crippen LogP contribution in [0, 0.1) is 6.92 Å². The van der Waals surface area contributed by atoms with E-state index in [0.29, 0.717) is 25.9 Å². The molecule has 0 aromatic heterocycles. The molecule has 7 heteroatoms. The van der Waals surface area contributed by atoms with Crippen molar-refractivity contribution < 1.29 is 4.79 Å². The number of hydrogen-bond donors (Lipinski definition) is 1. The SMILES string of the molecule is Cc1ccccc1C(C)(C)C(/C=C/C=C1/N(C)c2ccccc2C1(C)C)=NCCCCCC(=O)NCCCN=[N+]=[N-]. The summed E-state index contributed by atoms with van der Waals surface area (Å²) in [6.07, 6.45) is 10.4. The number of allylic oxidation sites excluding steroid dienone is 4. The van der Waals surface area contributed by atoms with Crippen LogP contribution in [-0.4, -0.2) is 38.3 Å². The monoisotopic (exact) mass is 554 g/mol. The molecule has 3 rings (SSSR count). The van der Waals surface area contributed by atoms with E-state index in [9.17, 15) is 4.79 Å². The number of nitrogens with one attached hydrogen (secondary N) is 1. The van der Waals surface area contributed by atoms with Gasteiger partial charge >= 0.3 is 0 Å². The third kappa shape index (κ3) is 8.11. The Labute approximate surface area is 246 Å². The summed E-state index contributed by atoms with van der Waals surface area (Å²) >= 11 is 0. The third-order valence-corrected chi connectivity index (χ3v) is 8.07. The van der Waals surface area contributed by atoms with Gasteiger partial charge in [0.25, 0.3) is 0 Å². The van der Waals surface area contributed by atoms with Gasteiger partial charge in [0.15, 0.2) is 0 Å². The van der Waals surface area contributed by atoms with Crippen LogP contribution in [0.2, 0.25) is 0 Å². The molecule has 2 aromatic carbocycles. The number of hydrogen-bond acceptors (Lipinski definition) is 4. The molecule has 0 spiro atoms. The summed E-state index contributed by atoms with van der Waals surface area (Å²) in [4.78, 5) is 22.2. The fourth-order valence-electron chi connectivity index (χ4n) is 5.69. The van der Waals surface area contributed by atoms with Crippen LogP contribution in [-0.2, 0) is 15.6 Å². The molecule has 0 fully saturated rings. The number of rotatable bonds is 14. The van der Waals surface area contributed by atoms with Crippen LogP contribution < -0.4 is 10.2 Å². The number of carbonyl (C=O) groups excluding carboxylic acids is 1. The molecule has 2 aromatic rings. The van der Waals surface area contributed by atoms with Crippen molar-refractivity contribution in [3.63, 3.8) is 0 Å². The van der Waals surface area contributed by atoms with Crippen molar-refractivity contribution in [3.05, 3.63) is 99.6 Å². The molecule has 41 heavy (non-hydrogen) atoms. The summed E-state index contributed by atoms with van der Waals surface area (Å²) in [5.74, 6) is 0.0498. The molecule has 1 heterocycles. The summed E-state index contributed by atoms with van der Waals surface area (Å²) in [6.45, 7) is 12.9. The van der Waals surface area contributed by atoms with Gasteiger partial charge in [-0.15, -0.1) is 0 Å². The number of unbranched alkanes of at least 4 members (excludes halogenated alkanes) is 2. The van der Waals surface area contributed by atoms with Gasteiger partial charge in [-0.1, -0.05) is 87.8 Å². The lowest BCUT2D eigenvalue weighted by Gasteiger charge is -2.28. The van der Waals surface area contributed by atoms with E-state index in [4.69, 9.17) is 10.5 Å². The Balaban J connectivity index is 1.69. The summed E-state index contributed by atoms with van der Waals surface area (Å²) in [5, 5.41) is 6.37. The molecule has 1 N–H and O–H groups in total. The molecule has 218 valence electrons. The fraction of sp³-hybridized carbons (Fsp3) is 0.471. The van der Waals surface area contributed by atoms with Crippen LogP contribution >= 0.6 is 0 Å². The van der Waals surface area contributed by atoms with Gasteiger partial charge < -0.3 is 10.2 Å². The van der Waals surface area contributed by atoms with Crippen molar-refractivity contribution >= 4 is 17.3 Å². The third-order valence-electron chi connectivity index (χ3n) is 8.07. The van der Waals surface area contributed by atoms with E-state index in [-0.39, 0.29) is 16.7 Å². The van der Waals surface area contributed by atoms with Gasteiger partial charge in [-0.3, -0.25) is 9.79 Å². The number of anilines is 1. The van der Waals surface area contributed by atoms with Crippen molar-refractivity contribution in [2.45, 2.75) is 77.6 Å². The first-order chi connectivity index (χ1) is 19.6. The van der Waals surface area contributed by atoms with E-state index >= 15 is 0 Å². The molecule has 0 aliphatic carbocycles. The zero-order chi connectivity index (χ0) is 29.9. The first-order valence-electron chi connectivity index (χ1n) is 14.7. The van der Waals surface area contributed by atoms with Crippen molar-refractivity contribution in [2.75, 3.05) is 31.6 Å². The average Bonchev–Trinajstić information content (AvgIpc) is 3.14. The van der Waals surface area contributed by atoms with E-state index in [1.165, 1.54) is 28.1 Å². The van der Waals surface area contributed by atoms with E-state index < -0.39 is 0 Å². The van der Waals surface area contributed by atoms with Crippen LogP contribution in [0.15, 0.2) is 82.6 Å². The van der Waals surface area contributed by atoms with Gasteiger partial charge in [-0.05, 0) is 66.6 Å². The van der Waals surface area contributed by atoms with Gasteiger partial charge in [0.2, 0.25) is 5.91 Å². The number of fused-ring (bicyclic) bond motifs is 1. The number of aryl methyl sites for hydroxylation is 1. The predicted molar refractivity (Wildman–Crippen MR) is 172 cm³/mol. The van der Waals surface area contributed by atoms with Gasteiger partial charge in [0, 0.05) is 65.9 Å². The van der Waals surface area contributed by atoms with Crippen molar-refractivity contribution in [2.24, 2.45) is 10.1 Å². The summed E-state index contributed by atoms with van der Waals surface area (Å²) in [6, 6.07) is 17.2. The molecular weight excluding hydrogens is 508 g/mol. The number of benzene rings is 2. The number of likely N-dealkylation sites (N-methyl/N-ethyl adjacent to an activating group) is 1. The molecule has 0 unspecified atom stereocenters. The number of para-hydroxylation sites is 1. The van der Waals surface area contributed by atoms with Crippen LogP contribution in [0.4, 0.5) is 5.69 Å². The van der Waals surface area contributed by atoms with Gasteiger partial charge in [0.05, 0.1) is 0 Å². The highest BCUT2D eigenvalue weighted by Gasteiger charge is 2.37. The van der Waals surface area contributed by atoms with Gasteiger partial charge in [-0.2, -0.15) is 0 Å². The number of azide groups is 1. The molecule has 0 radical (unpaired) electrons. The molecule has 0 bridgehead atoms. The van der Waals surface area contributed by atoms with Crippen LogP contribution in [0.25, 0.3) is 10.4 Å². The Morgan fingerprint density at radius 3 is 2.51 bits per heavy atom. The van der Waals surface area contributed by atoms with Crippen molar-refractivity contribution in [1.29, 1.82) is 0 Å². The molecule has 0 atom stereocenters. The Hall–Kier alpha value is -3.83. The lowest BCUT2D eigenvalue weighted by atomic mass is 9.77. The highest BCUT2D eigenvalue weighted by Crippen LogP contribution is 2.46. The zero-order valence-electron chi connectivity index (χ0n) is 25.7. The average molecular weight is 555 g/mol. The number of carbonyl (C=O) groups is 1. The smallest absolute Gasteiger partial charge is 0.219 e. The minimum atomic E-state index is -0.254. The van der Waals surface area contributed by atoms with Crippen LogP contribution in [0.3, 0.4) is 0 Å². The highest BCUT2D eigenvalue weighted by atomic mass is 16.1. The molecule has 1 aliphatic heterocycles. The summed E-state index contributed by atoms with van der Waals surface area (Å²) < 4.78 is 0. The fourth-order valence-corrected chi connectivity index (χ4v) is 5.69.